The number of benzene rings is 1. The summed E-state index contributed by atoms with van der Waals surface area (Å²) in [4.78, 5) is 0. The monoisotopic (exact) mass is 191 g/mol. The highest BCUT2D eigenvalue weighted by molar-refractivity contribution is 5.37. The molecular weight excluding hydrogens is 172 g/mol. The van der Waals surface area contributed by atoms with Crippen molar-refractivity contribution in [2.75, 3.05) is 0 Å². The standard InChI is InChI=1S/C13H19O/c1-4-13(14)9-8-12-7-5-6-10(2)11(12)3/h5-8,13-14H,4,9H2,1-3H3. The lowest BCUT2D eigenvalue weighted by atomic mass is 9.98. The van der Waals surface area contributed by atoms with Gasteiger partial charge in [-0.15, -0.1) is 0 Å². The third-order valence-corrected chi connectivity index (χ3v) is 2.73. The first-order valence-corrected chi connectivity index (χ1v) is 5.22. The Morgan fingerprint density at radius 2 is 2.07 bits per heavy atom. The molecule has 0 heterocycles. The summed E-state index contributed by atoms with van der Waals surface area (Å²) in [5, 5.41) is 9.45. The van der Waals surface area contributed by atoms with Gasteiger partial charge >= 0.3 is 0 Å². The van der Waals surface area contributed by atoms with Crippen molar-refractivity contribution in [1.82, 2.24) is 0 Å². The van der Waals surface area contributed by atoms with Gasteiger partial charge in [-0.1, -0.05) is 25.1 Å². The molecule has 1 nitrogen and oxygen atoms in total. The van der Waals surface area contributed by atoms with E-state index < -0.39 is 0 Å². The van der Waals surface area contributed by atoms with Gasteiger partial charge in [0.25, 0.3) is 0 Å². The summed E-state index contributed by atoms with van der Waals surface area (Å²) in [5.74, 6) is 0. The lowest BCUT2D eigenvalue weighted by Gasteiger charge is -2.10. The van der Waals surface area contributed by atoms with Crippen molar-refractivity contribution < 1.29 is 5.11 Å². The van der Waals surface area contributed by atoms with Crippen LogP contribution in [0.5, 0.6) is 0 Å². The number of aliphatic hydroxyl groups excluding tert-OH is 1. The molecule has 0 aliphatic carbocycles. The Morgan fingerprint density at radius 1 is 1.36 bits per heavy atom. The predicted octanol–water partition coefficient (Wildman–Crippen LogP) is 3.02. The van der Waals surface area contributed by atoms with Crippen LogP contribution in [-0.4, -0.2) is 11.2 Å². The Morgan fingerprint density at radius 3 is 2.71 bits per heavy atom. The van der Waals surface area contributed by atoms with Gasteiger partial charge in [-0.2, -0.15) is 0 Å². The first-order chi connectivity index (χ1) is 6.65. The number of hydrogen-bond acceptors (Lipinski definition) is 1. The second kappa shape index (κ2) is 5.16. The SMILES string of the molecule is CCC(O)C[CH]c1cccc(C)c1C. The van der Waals surface area contributed by atoms with E-state index in [4.69, 9.17) is 0 Å². The summed E-state index contributed by atoms with van der Waals surface area (Å²) >= 11 is 0. The topological polar surface area (TPSA) is 20.2 Å². The summed E-state index contributed by atoms with van der Waals surface area (Å²) < 4.78 is 0. The highest BCUT2D eigenvalue weighted by Crippen LogP contribution is 2.17. The minimum absolute atomic E-state index is 0.199. The molecule has 1 atom stereocenters. The van der Waals surface area contributed by atoms with E-state index in [1.54, 1.807) is 0 Å². The van der Waals surface area contributed by atoms with Gasteiger partial charge in [0, 0.05) is 0 Å². The molecule has 0 aliphatic rings. The van der Waals surface area contributed by atoms with Crippen LogP contribution in [0.25, 0.3) is 0 Å². The molecule has 0 bridgehead atoms. The Labute approximate surface area is 86.8 Å². The summed E-state index contributed by atoms with van der Waals surface area (Å²) in [5.41, 5.74) is 3.87. The van der Waals surface area contributed by atoms with Gasteiger partial charge in [0.1, 0.15) is 0 Å². The van der Waals surface area contributed by atoms with Crippen LogP contribution in [0.3, 0.4) is 0 Å². The number of rotatable bonds is 4. The molecule has 1 radical (unpaired) electrons. The van der Waals surface area contributed by atoms with E-state index in [1.807, 2.05) is 6.92 Å². The fourth-order valence-corrected chi connectivity index (χ4v) is 1.42. The zero-order chi connectivity index (χ0) is 10.6. The van der Waals surface area contributed by atoms with Crippen molar-refractivity contribution in [3.8, 4) is 0 Å². The number of aliphatic hydroxyl groups is 1. The Bertz CT molecular complexity index is 291. The van der Waals surface area contributed by atoms with Crippen LogP contribution >= 0.6 is 0 Å². The van der Waals surface area contributed by atoms with Gasteiger partial charge in [-0.25, -0.2) is 0 Å². The minimum Gasteiger partial charge on any atom is -0.393 e. The summed E-state index contributed by atoms with van der Waals surface area (Å²) in [6.07, 6.45) is 3.49. The first kappa shape index (κ1) is 11.3. The second-order valence-corrected chi connectivity index (χ2v) is 3.79. The van der Waals surface area contributed by atoms with E-state index in [0.29, 0.717) is 0 Å². The van der Waals surface area contributed by atoms with E-state index >= 15 is 0 Å². The molecule has 1 aromatic carbocycles. The maximum atomic E-state index is 9.45. The normalized spacial score (nSPS) is 12.9. The van der Waals surface area contributed by atoms with Crippen molar-refractivity contribution in [3.05, 3.63) is 41.3 Å². The van der Waals surface area contributed by atoms with E-state index in [2.05, 4.69) is 38.5 Å². The molecule has 1 N–H and O–H groups in total. The molecular formula is C13H19O. The molecule has 0 aromatic heterocycles. The van der Waals surface area contributed by atoms with E-state index in [1.165, 1.54) is 16.7 Å². The average Bonchev–Trinajstić information content (AvgIpc) is 2.20. The van der Waals surface area contributed by atoms with Crippen LogP contribution in [-0.2, 0) is 0 Å². The fourth-order valence-electron chi connectivity index (χ4n) is 1.42. The van der Waals surface area contributed by atoms with Crippen LogP contribution in [0, 0.1) is 20.3 Å². The molecule has 1 rings (SSSR count). The highest BCUT2D eigenvalue weighted by Gasteiger charge is 2.04. The van der Waals surface area contributed by atoms with Crippen LogP contribution in [0.15, 0.2) is 18.2 Å². The molecule has 0 spiro atoms. The molecule has 0 saturated carbocycles. The molecule has 1 unspecified atom stereocenters. The molecule has 77 valence electrons. The zero-order valence-electron chi connectivity index (χ0n) is 9.25. The van der Waals surface area contributed by atoms with Crippen LogP contribution in [0.2, 0.25) is 0 Å². The van der Waals surface area contributed by atoms with Crippen molar-refractivity contribution >= 4 is 0 Å². The van der Waals surface area contributed by atoms with Crippen LogP contribution < -0.4 is 0 Å². The molecule has 0 aliphatic heterocycles. The summed E-state index contributed by atoms with van der Waals surface area (Å²) in [6.45, 7) is 6.24. The molecule has 0 amide bonds. The van der Waals surface area contributed by atoms with Gasteiger partial charge in [0.05, 0.1) is 6.10 Å². The Kier molecular flexibility index (Phi) is 4.15. The lowest BCUT2D eigenvalue weighted by Crippen LogP contribution is -2.05. The molecule has 0 saturated heterocycles. The third-order valence-electron chi connectivity index (χ3n) is 2.73. The van der Waals surface area contributed by atoms with Crippen molar-refractivity contribution in [1.29, 1.82) is 0 Å². The van der Waals surface area contributed by atoms with Gasteiger partial charge in [-0.05, 0) is 49.8 Å². The average molecular weight is 191 g/mol. The van der Waals surface area contributed by atoms with Crippen molar-refractivity contribution in [2.24, 2.45) is 0 Å². The lowest BCUT2D eigenvalue weighted by molar-refractivity contribution is 0.170. The largest absolute Gasteiger partial charge is 0.393 e. The smallest absolute Gasteiger partial charge is 0.0543 e. The third kappa shape index (κ3) is 2.85. The first-order valence-electron chi connectivity index (χ1n) is 5.22. The molecule has 14 heavy (non-hydrogen) atoms. The van der Waals surface area contributed by atoms with Gasteiger partial charge in [0.15, 0.2) is 0 Å². The maximum absolute atomic E-state index is 9.45. The van der Waals surface area contributed by atoms with E-state index in [-0.39, 0.29) is 6.10 Å². The van der Waals surface area contributed by atoms with Crippen LogP contribution in [0.1, 0.15) is 36.5 Å². The van der Waals surface area contributed by atoms with Gasteiger partial charge < -0.3 is 5.11 Å². The molecule has 0 fully saturated rings. The number of aryl methyl sites for hydroxylation is 1. The van der Waals surface area contributed by atoms with Crippen LogP contribution in [0.4, 0.5) is 0 Å². The second-order valence-electron chi connectivity index (χ2n) is 3.79. The Hall–Kier alpha value is -0.820. The molecule has 1 aromatic rings. The van der Waals surface area contributed by atoms with E-state index in [9.17, 15) is 5.11 Å². The summed E-state index contributed by atoms with van der Waals surface area (Å²) in [6, 6.07) is 6.28. The maximum Gasteiger partial charge on any atom is 0.0543 e. The number of hydrogen-bond donors (Lipinski definition) is 1. The molecule has 1 heteroatoms. The van der Waals surface area contributed by atoms with Crippen molar-refractivity contribution in [3.63, 3.8) is 0 Å². The summed E-state index contributed by atoms with van der Waals surface area (Å²) in [7, 11) is 0. The Balaban J connectivity index is 2.63. The highest BCUT2D eigenvalue weighted by atomic mass is 16.3. The predicted molar refractivity (Wildman–Crippen MR) is 60.2 cm³/mol. The minimum atomic E-state index is -0.199. The van der Waals surface area contributed by atoms with Gasteiger partial charge in [-0.3, -0.25) is 0 Å². The van der Waals surface area contributed by atoms with Crippen molar-refractivity contribution in [2.45, 2.75) is 39.7 Å². The van der Waals surface area contributed by atoms with Gasteiger partial charge in [0.2, 0.25) is 0 Å². The zero-order valence-corrected chi connectivity index (χ0v) is 9.25. The van der Waals surface area contributed by atoms with E-state index in [0.717, 1.165) is 12.8 Å². The fraction of sp³-hybridized carbons (Fsp3) is 0.462. The quantitative estimate of drug-likeness (QED) is 0.775.